The molecule has 4 rings (SSSR count). The van der Waals surface area contributed by atoms with E-state index in [1.165, 1.54) is 63.4 Å². The normalized spacial score (nSPS) is 44.9. The van der Waals surface area contributed by atoms with Crippen molar-refractivity contribution in [2.75, 3.05) is 0 Å². The van der Waals surface area contributed by atoms with E-state index in [1.54, 1.807) is 0 Å². The average molecular weight is 427 g/mol. The number of rotatable bonds is 4. The minimum absolute atomic E-state index is 0.0465. The van der Waals surface area contributed by atoms with Crippen molar-refractivity contribution in [1.29, 1.82) is 0 Å². The van der Waals surface area contributed by atoms with Crippen molar-refractivity contribution < 1.29 is 5.11 Å². The standard InChI is InChI=1S/C30H50O/c1-20(2)10-9-11-21(3)22-14-18-30(8)24-12-13-25-27(4,5)26(31)16-17-28(25,6)23(24)15-19-29(22,30)7/h10,21-22,25-26,31H,9,11-19H2,1-8H3/t21?,22-,25-,26-,28+,29+,30-/m0/s1. The lowest BCUT2D eigenvalue weighted by atomic mass is 9.43. The Bertz CT molecular complexity index is 767. The van der Waals surface area contributed by atoms with Crippen LogP contribution >= 0.6 is 0 Å². The Hall–Kier alpha value is -0.560. The van der Waals surface area contributed by atoms with E-state index in [1.807, 2.05) is 11.1 Å². The summed E-state index contributed by atoms with van der Waals surface area (Å²) in [5.41, 5.74) is 6.41. The summed E-state index contributed by atoms with van der Waals surface area (Å²) in [6, 6.07) is 0. The molecule has 0 aromatic rings. The van der Waals surface area contributed by atoms with E-state index in [-0.39, 0.29) is 11.5 Å². The van der Waals surface area contributed by atoms with Crippen LogP contribution in [0.3, 0.4) is 0 Å². The summed E-state index contributed by atoms with van der Waals surface area (Å²) in [6.45, 7) is 19.6. The molecule has 0 saturated heterocycles. The van der Waals surface area contributed by atoms with Crippen LogP contribution in [0.2, 0.25) is 0 Å². The monoisotopic (exact) mass is 426 g/mol. The minimum atomic E-state index is -0.130. The fourth-order valence-corrected chi connectivity index (χ4v) is 9.47. The molecule has 0 amide bonds. The quantitative estimate of drug-likeness (QED) is 0.447. The van der Waals surface area contributed by atoms with Crippen LogP contribution in [0.1, 0.15) is 120 Å². The smallest absolute Gasteiger partial charge is 0.0594 e. The van der Waals surface area contributed by atoms with Crippen molar-refractivity contribution in [2.24, 2.45) is 39.4 Å². The number of aliphatic hydroxyl groups is 1. The van der Waals surface area contributed by atoms with E-state index in [9.17, 15) is 5.11 Å². The fourth-order valence-electron chi connectivity index (χ4n) is 9.47. The predicted molar refractivity (Wildman–Crippen MR) is 133 cm³/mol. The molecule has 2 saturated carbocycles. The molecule has 4 aliphatic rings. The number of allylic oxidation sites excluding steroid dienone is 4. The van der Waals surface area contributed by atoms with Gasteiger partial charge in [-0.05, 0) is 117 Å². The lowest BCUT2D eigenvalue weighted by molar-refractivity contribution is -0.0962. The van der Waals surface area contributed by atoms with Gasteiger partial charge in [0.05, 0.1) is 6.10 Å². The van der Waals surface area contributed by atoms with Gasteiger partial charge in [-0.3, -0.25) is 0 Å². The molecule has 1 heteroatoms. The maximum atomic E-state index is 10.8. The average Bonchev–Trinajstić information content (AvgIpc) is 2.96. The van der Waals surface area contributed by atoms with Gasteiger partial charge in [-0.1, -0.05) is 64.3 Å². The molecule has 0 aromatic carbocycles. The summed E-state index contributed by atoms with van der Waals surface area (Å²) in [6.07, 6.45) is 15.2. The van der Waals surface area contributed by atoms with Crippen LogP contribution in [-0.4, -0.2) is 11.2 Å². The third kappa shape index (κ3) is 3.34. The number of hydrogen-bond acceptors (Lipinski definition) is 1. The number of aliphatic hydroxyl groups excluding tert-OH is 1. The second kappa shape index (κ2) is 7.75. The molecule has 1 nitrogen and oxygen atoms in total. The zero-order valence-electron chi connectivity index (χ0n) is 21.9. The van der Waals surface area contributed by atoms with Gasteiger partial charge in [0.25, 0.3) is 0 Å². The van der Waals surface area contributed by atoms with Gasteiger partial charge in [-0.2, -0.15) is 0 Å². The molecule has 1 N–H and O–H groups in total. The second-order valence-corrected chi connectivity index (χ2v) is 13.6. The van der Waals surface area contributed by atoms with E-state index < -0.39 is 0 Å². The highest BCUT2D eigenvalue weighted by Crippen LogP contribution is 2.72. The van der Waals surface area contributed by atoms with Gasteiger partial charge in [0.1, 0.15) is 0 Å². The summed E-state index contributed by atoms with van der Waals surface area (Å²) < 4.78 is 0. The van der Waals surface area contributed by atoms with E-state index >= 15 is 0 Å². The van der Waals surface area contributed by atoms with Crippen LogP contribution in [0.4, 0.5) is 0 Å². The molecular weight excluding hydrogens is 376 g/mol. The molecular formula is C30H50O. The highest BCUT2D eigenvalue weighted by atomic mass is 16.3. The Morgan fingerprint density at radius 1 is 0.968 bits per heavy atom. The molecule has 1 unspecified atom stereocenters. The Balaban J connectivity index is 1.65. The lowest BCUT2D eigenvalue weighted by Crippen LogP contribution is -2.55. The molecule has 0 bridgehead atoms. The number of fused-ring (bicyclic) bond motifs is 4. The first kappa shape index (κ1) is 23.6. The minimum Gasteiger partial charge on any atom is -0.393 e. The maximum absolute atomic E-state index is 10.8. The van der Waals surface area contributed by atoms with Crippen LogP contribution in [0.5, 0.6) is 0 Å². The molecule has 176 valence electrons. The Kier molecular flexibility index (Phi) is 5.90. The molecule has 0 spiro atoms. The van der Waals surface area contributed by atoms with E-state index in [0.717, 1.165) is 18.3 Å². The first-order valence-corrected chi connectivity index (χ1v) is 13.4. The lowest BCUT2D eigenvalue weighted by Gasteiger charge is -2.62. The van der Waals surface area contributed by atoms with Crippen molar-refractivity contribution in [3.8, 4) is 0 Å². The van der Waals surface area contributed by atoms with E-state index in [4.69, 9.17) is 0 Å². The van der Waals surface area contributed by atoms with Gasteiger partial charge in [0.2, 0.25) is 0 Å². The topological polar surface area (TPSA) is 20.2 Å². The summed E-state index contributed by atoms with van der Waals surface area (Å²) in [5.74, 6) is 2.32. The van der Waals surface area contributed by atoms with Crippen molar-refractivity contribution >= 4 is 0 Å². The molecule has 2 fully saturated rings. The Morgan fingerprint density at radius 2 is 1.68 bits per heavy atom. The van der Waals surface area contributed by atoms with Gasteiger partial charge >= 0.3 is 0 Å². The van der Waals surface area contributed by atoms with E-state index in [2.05, 4.69) is 61.5 Å². The summed E-state index contributed by atoms with van der Waals surface area (Å²) >= 11 is 0. The third-order valence-corrected chi connectivity index (χ3v) is 11.7. The SMILES string of the molecule is CC(C)=CCCC(C)[C@@H]1CC[C@@]2(C)C3=C(CC[C@]12C)[C@@]1(C)CC[C@H](O)C(C)(C)[C@@H]1CC3. The Labute approximate surface area is 193 Å². The van der Waals surface area contributed by atoms with Crippen LogP contribution < -0.4 is 0 Å². The third-order valence-electron chi connectivity index (χ3n) is 11.7. The highest BCUT2D eigenvalue weighted by molar-refractivity contribution is 5.38. The zero-order chi connectivity index (χ0) is 22.8. The second-order valence-electron chi connectivity index (χ2n) is 13.6. The number of hydrogen-bond donors (Lipinski definition) is 1. The summed E-state index contributed by atoms with van der Waals surface area (Å²) in [4.78, 5) is 0. The molecule has 0 aliphatic heterocycles. The Morgan fingerprint density at radius 3 is 2.35 bits per heavy atom. The molecule has 7 atom stereocenters. The molecule has 0 radical (unpaired) electrons. The maximum Gasteiger partial charge on any atom is 0.0594 e. The summed E-state index contributed by atoms with van der Waals surface area (Å²) in [7, 11) is 0. The van der Waals surface area contributed by atoms with Crippen molar-refractivity contribution in [1.82, 2.24) is 0 Å². The van der Waals surface area contributed by atoms with Crippen molar-refractivity contribution in [3.05, 3.63) is 22.8 Å². The fraction of sp³-hybridized carbons (Fsp3) is 0.867. The van der Waals surface area contributed by atoms with Crippen LogP contribution in [0.25, 0.3) is 0 Å². The van der Waals surface area contributed by atoms with Crippen LogP contribution in [-0.2, 0) is 0 Å². The zero-order valence-corrected chi connectivity index (χ0v) is 21.9. The van der Waals surface area contributed by atoms with Gasteiger partial charge < -0.3 is 5.11 Å². The van der Waals surface area contributed by atoms with Gasteiger partial charge in [-0.25, -0.2) is 0 Å². The summed E-state index contributed by atoms with van der Waals surface area (Å²) in [5, 5.41) is 10.8. The highest BCUT2D eigenvalue weighted by Gasteiger charge is 2.63. The van der Waals surface area contributed by atoms with Crippen molar-refractivity contribution in [3.63, 3.8) is 0 Å². The molecule has 0 aromatic heterocycles. The largest absolute Gasteiger partial charge is 0.393 e. The van der Waals surface area contributed by atoms with Crippen LogP contribution in [0, 0.1) is 39.4 Å². The molecule has 31 heavy (non-hydrogen) atoms. The predicted octanol–water partition coefficient (Wildman–Crippen LogP) is 8.48. The van der Waals surface area contributed by atoms with Gasteiger partial charge in [0, 0.05) is 0 Å². The first-order valence-electron chi connectivity index (χ1n) is 13.4. The molecule has 0 heterocycles. The molecule has 4 aliphatic carbocycles. The van der Waals surface area contributed by atoms with Crippen LogP contribution in [0.15, 0.2) is 22.8 Å². The van der Waals surface area contributed by atoms with Crippen molar-refractivity contribution in [2.45, 2.75) is 126 Å². The van der Waals surface area contributed by atoms with E-state index in [0.29, 0.717) is 22.2 Å². The van der Waals surface area contributed by atoms with Gasteiger partial charge in [0.15, 0.2) is 0 Å². The first-order chi connectivity index (χ1) is 14.4. The van der Waals surface area contributed by atoms with Gasteiger partial charge in [-0.15, -0.1) is 0 Å².